The predicted molar refractivity (Wildman–Crippen MR) is 344 cm³/mol. The van der Waals surface area contributed by atoms with Crippen molar-refractivity contribution >= 4 is 17.9 Å². The predicted octanol–water partition coefficient (Wildman–Crippen LogP) is 23.4. The Bertz CT molecular complexity index is 1500. The number of hydrogen-bond donors (Lipinski definition) is 0. The lowest BCUT2D eigenvalue weighted by molar-refractivity contribution is -0.167. The first kappa shape index (κ1) is 75.6. The monoisotopic (exact) mass is 1100 g/mol. The van der Waals surface area contributed by atoms with Crippen LogP contribution in [0.15, 0.2) is 85.1 Å². The third-order valence-corrected chi connectivity index (χ3v) is 14.9. The number of unbranched alkanes of at least 4 members (excludes halogenated alkanes) is 37. The van der Waals surface area contributed by atoms with E-state index < -0.39 is 6.10 Å². The van der Waals surface area contributed by atoms with Crippen LogP contribution < -0.4 is 0 Å². The molecule has 6 heteroatoms. The van der Waals surface area contributed by atoms with Crippen LogP contribution in [0.4, 0.5) is 0 Å². The summed E-state index contributed by atoms with van der Waals surface area (Å²) in [5.41, 5.74) is 0. The van der Waals surface area contributed by atoms with Gasteiger partial charge in [-0.25, -0.2) is 0 Å². The van der Waals surface area contributed by atoms with Gasteiger partial charge in [0.15, 0.2) is 6.10 Å². The van der Waals surface area contributed by atoms with Gasteiger partial charge in [-0.1, -0.05) is 292 Å². The number of esters is 3. The van der Waals surface area contributed by atoms with Gasteiger partial charge in [-0.15, -0.1) is 0 Å². The second kappa shape index (κ2) is 67.1. The van der Waals surface area contributed by atoms with Gasteiger partial charge in [0.1, 0.15) is 13.2 Å². The van der Waals surface area contributed by atoms with E-state index in [4.69, 9.17) is 14.2 Å². The molecule has 0 radical (unpaired) electrons. The average molecular weight is 1100 g/mol. The molecule has 0 saturated carbocycles. The van der Waals surface area contributed by atoms with Gasteiger partial charge < -0.3 is 14.2 Å². The molecule has 0 fully saturated rings. The zero-order valence-electron chi connectivity index (χ0n) is 52.4. The van der Waals surface area contributed by atoms with Crippen LogP contribution in [0.25, 0.3) is 0 Å². The maximum Gasteiger partial charge on any atom is 0.306 e. The molecule has 0 aromatic heterocycles. The van der Waals surface area contributed by atoms with Crippen molar-refractivity contribution in [2.45, 2.75) is 348 Å². The molecule has 1 unspecified atom stereocenters. The zero-order valence-corrected chi connectivity index (χ0v) is 52.4. The van der Waals surface area contributed by atoms with E-state index in [1.807, 2.05) is 0 Å². The molecule has 1 atom stereocenters. The number of allylic oxidation sites excluding steroid dienone is 14. The minimum atomic E-state index is -0.788. The van der Waals surface area contributed by atoms with E-state index in [0.29, 0.717) is 19.3 Å². The molecular weight excluding hydrogens is 973 g/mol. The van der Waals surface area contributed by atoms with Gasteiger partial charge in [0.2, 0.25) is 0 Å². The second-order valence-electron chi connectivity index (χ2n) is 22.7. The number of ether oxygens (including phenoxy) is 3. The molecule has 0 aromatic rings. The van der Waals surface area contributed by atoms with E-state index in [1.54, 1.807) is 0 Å². The van der Waals surface area contributed by atoms with E-state index in [0.717, 1.165) is 109 Å². The van der Waals surface area contributed by atoms with Crippen LogP contribution in [-0.2, 0) is 28.6 Å². The Kier molecular flexibility index (Phi) is 64.2. The minimum Gasteiger partial charge on any atom is -0.462 e. The minimum absolute atomic E-state index is 0.0827. The van der Waals surface area contributed by atoms with Crippen molar-refractivity contribution in [2.24, 2.45) is 0 Å². The van der Waals surface area contributed by atoms with Gasteiger partial charge in [0.05, 0.1) is 0 Å². The Hall–Kier alpha value is -3.41. The Labute approximate surface area is 490 Å². The van der Waals surface area contributed by atoms with Gasteiger partial charge >= 0.3 is 17.9 Å². The summed E-state index contributed by atoms with van der Waals surface area (Å²) in [4.78, 5) is 38.4. The standard InChI is InChI=1S/C73H128O6/c1-4-7-10-13-16-19-22-25-27-29-31-32-33-34-35-36-37-38-39-40-42-43-45-48-51-54-57-60-63-66-72(75)78-69-70(68-77-71(74)65-62-59-56-53-50-47-24-21-18-15-12-9-6-3)79-73(76)67-64-61-58-55-52-49-46-44-41-30-28-26-23-20-17-14-11-8-5-2/h8,11,17,20-22,24-26,28-29,31,41,44,70H,4-7,9-10,12-16,18-19,23,27,30,32-40,42-43,45-69H2,1-3H3/b11-8-,20-17-,24-21-,25-22-,28-26-,31-29-,44-41-. The Morgan fingerprint density at radius 1 is 0.266 bits per heavy atom. The highest BCUT2D eigenvalue weighted by atomic mass is 16.6. The molecule has 0 aliphatic rings. The summed E-state index contributed by atoms with van der Waals surface area (Å²) in [6.45, 7) is 6.52. The number of carbonyl (C=O) groups excluding carboxylic acids is 3. The van der Waals surface area contributed by atoms with Crippen molar-refractivity contribution in [1.82, 2.24) is 0 Å². The number of hydrogen-bond acceptors (Lipinski definition) is 6. The summed E-state index contributed by atoms with van der Waals surface area (Å²) in [5, 5.41) is 0. The van der Waals surface area contributed by atoms with Crippen molar-refractivity contribution in [2.75, 3.05) is 13.2 Å². The molecular formula is C73H128O6. The fraction of sp³-hybridized carbons (Fsp3) is 0.767. The van der Waals surface area contributed by atoms with Gasteiger partial charge in [0.25, 0.3) is 0 Å². The average Bonchev–Trinajstić information content (AvgIpc) is 3.45. The van der Waals surface area contributed by atoms with Crippen LogP contribution >= 0.6 is 0 Å². The first-order valence-electron chi connectivity index (χ1n) is 34.1. The topological polar surface area (TPSA) is 78.9 Å². The lowest BCUT2D eigenvalue weighted by Gasteiger charge is -2.18. The van der Waals surface area contributed by atoms with E-state index in [1.165, 1.54) is 193 Å². The van der Waals surface area contributed by atoms with Crippen LogP contribution in [0.2, 0.25) is 0 Å². The summed E-state index contributed by atoms with van der Waals surface area (Å²) >= 11 is 0. The van der Waals surface area contributed by atoms with Crippen molar-refractivity contribution in [3.05, 3.63) is 85.1 Å². The molecule has 0 amide bonds. The smallest absolute Gasteiger partial charge is 0.306 e. The van der Waals surface area contributed by atoms with Crippen molar-refractivity contribution < 1.29 is 28.6 Å². The molecule has 0 rings (SSSR count). The van der Waals surface area contributed by atoms with E-state index in [9.17, 15) is 14.4 Å². The highest BCUT2D eigenvalue weighted by molar-refractivity contribution is 5.71. The maximum atomic E-state index is 12.9. The van der Waals surface area contributed by atoms with E-state index >= 15 is 0 Å². The van der Waals surface area contributed by atoms with Gasteiger partial charge in [-0.2, -0.15) is 0 Å². The molecule has 456 valence electrons. The quantitative estimate of drug-likeness (QED) is 0.0261. The molecule has 0 aliphatic carbocycles. The highest BCUT2D eigenvalue weighted by Gasteiger charge is 2.19. The Morgan fingerprint density at radius 3 is 0.797 bits per heavy atom. The SMILES string of the molecule is CC/C=C\C/C=C\C/C=C\C/C=C\CCCCCCCCC(=O)OC(COC(=O)CCCCCCC/C=C\CCCCCC)COC(=O)CCCCCCCCCCCCCCCCCCC/C=C\C/C=C\CCCCCCC. The Morgan fingerprint density at radius 2 is 0.494 bits per heavy atom. The van der Waals surface area contributed by atoms with Crippen molar-refractivity contribution in [1.29, 1.82) is 0 Å². The third-order valence-electron chi connectivity index (χ3n) is 14.9. The molecule has 0 aromatic carbocycles. The molecule has 0 heterocycles. The van der Waals surface area contributed by atoms with Crippen molar-refractivity contribution in [3.8, 4) is 0 Å². The number of carbonyl (C=O) groups is 3. The molecule has 0 saturated heterocycles. The fourth-order valence-corrected chi connectivity index (χ4v) is 9.76. The normalized spacial score (nSPS) is 12.6. The van der Waals surface area contributed by atoms with Crippen molar-refractivity contribution in [3.63, 3.8) is 0 Å². The summed E-state index contributed by atoms with van der Waals surface area (Å²) in [7, 11) is 0. The van der Waals surface area contributed by atoms with Crippen LogP contribution in [0, 0.1) is 0 Å². The number of rotatable bonds is 62. The van der Waals surface area contributed by atoms with E-state index in [-0.39, 0.29) is 31.1 Å². The third kappa shape index (κ3) is 65.3. The van der Waals surface area contributed by atoms with Crippen LogP contribution in [-0.4, -0.2) is 37.2 Å². The molecule has 0 spiro atoms. The Balaban J connectivity index is 4.25. The van der Waals surface area contributed by atoms with Gasteiger partial charge in [0, 0.05) is 19.3 Å². The summed E-state index contributed by atoms with van der Waals surface area (Å²) in [6.07, 6.45) is 88.9. The first-order chi connectivity index (χ1) is 39.0. The van der Waals surface area contributed by atoms with Crippen LogP contribution in [0.3, 0.4) is 0 Å². The molecule has 0 bridgehead atoms. The lowest BCUT2D eigenvalue weighted by atomic mass is 10.0. The molecule has 0 N–H and O–H groups in total. The van der Waals surface area contributed by atoms with E-state index in [2.05, 4.69) is 106 Å². The van der Waals surface area contributed by atoms with Gasteiger partial charge in [-0.05, 0) is 116 Å². The van der Waals surface area contributed by atoms with Gasteiger partial charge in [-0.3, -0.25) is 14.4 Å². The highest BCUT2D eigenvalue weighted by Crippen LogP contribution is 2.17. The second-order valence-corrected chi connectivity index (χ2v) is 22.7. The molecule has 6 nitrogen and oxygen atoms in total. The summed E-state index contributed by atoms with van der Waals surface area (Å²) < 4.78 is 16.9. The fourth-order valence-electron chi connectivity index (χ4n) is 9.76. The zero-order chi connectivity index (χ0) is 57.1. The largest absolute Gasteiger partial charge is 0.462 e. The van der Waals surface area contributed by atoms with Crippen LogP contribution in [0.5, 0.6) is 0 Å². The van der Waals surface area contributed by atoms with Crippen LogP contribution in [0.1, 0.15) is 342 Å². The summed E-state index contributed by atoms with van der Waals surface area (Å²) in [6, 6.07) is 0. The lowest BCUT2D eigenvalue weighted by Crippen LogP contribution is -2.30. The summed E-state index contributed by atoms with van der Waals surface area (Å²) in [5.74, 6) is -0.891. The maximum absolute atomic E-state index is 12.9. The first-order valence-corrected chi connectivity index (χ1v) is 34.1. The molecule has 0 aliphatic heterocycles. The molecule has 79 heavy (non-hydrogen) atoms.